The number of ether oxygens (including phenoxy) is 1. The molecule has 2 aromatic rings. The van der Waals surface area contributed by atoms with Crippen molar-refractivity contribution in [3.05, 3.63) is 71.0 Å². The molecule has 0 bridgehead atoms. The molecule has 90 valence electrons. The molecule has 0 unspecified atom stereocenters. The van der Waals surface area contributed by atoms with E-state index in [2.05, 4.69) is 0 Å². The standard InChI is InChI=1S/C15H11FO2/c16-12-8-4-7-11-9-13(18-15(17)14(11)12)10-5-2-1-3-6-10/h1-8,13H,9H2/t13-/m0/s1. The van der Waals surface area contributed by atoms with Crippen molar-refractivity contribution in [2.75, 3.05) is 0 Å². The monoisotopic (exact) mass is 242 g/mol. The molecule has 1 aliphatic heterocycles. The van der Waals surface area contributed by atoms with Crippen LogP contribution in [0.25, 0.3) is 0 Å². The summed E-state index contributed by atoms with van der Waals surface area (Å²) in [5.41, 5.74) is 1.71. The van der Waals surface area contributed by atoms with E-state index in [1.54, 1.807) is 12.1 Å². The predicted molar refractivity (Wildman–Crippen MR) is 64.7 cm³/mol. The summed E-state index contributed by atoms with van der Waals surface area (Å²) in [4.78, 5) is 11.8. The molecule has 2 aromatic carbocycles. The number of esters is 1. The van der Waals surface area contributed by atoms with Gasteiger partial charge in [-0.15, -0.1) is 0 Å². The van der Waals surface area contributed by atoms with E-state index < -0.39 is 11.8 Å². The number of fused-ring (bicyclic) bond motifs is 1. The van der Waals surface area contributed by atoms with Crippen LogP contribution in [-0.4, -0.2) is 5.97 Å². The number of carbonyl (C=O) groups is 1. The van der Waals surface area contributed by atoms with Crippen molar-refractivity contribution in [3.8, 4) is 0 Å². The average Bonchev–Trinajstić information content (AvgIpc) is 2.39. The third-order valence-electron chi connectivity index (χ3n) is 3.13. The molecule has 3 rings (SSSR count). The van der Waals surface area contributed by atoms with Crippen molar-refractivity contribution in [1.82, 2.24) is 0 Å². The maximum absolute atomic E-state index is 13.6. The van der Waals surface area contributed by atoms with E-state index in [-0.39, 0.29) is 11.7 Å². The summed E-state index contributed by atoms with van der Waals surface area (Å²) >= 11 is 0. The minimum absolute atomic E-state index is 0.0738. The van der Waals surface area contributed by atoms with Crippen molar-refractivity contribution in [3.63, 3.8) is 0 Å². The Balaban J connectivity index is 2.00. The summed E-state index contributed by atoms with van der Waals surface area (Å²) in [6.07, 6.45) is 0.191. The summed E-state index contributed by atoms with van der Waals surface area (Å²) in [6.45, 7) is 0. The van der Waals surface area contributed by atoms with Gasteiger partial charge in [-0.1, -0.05) is 42.5 Å². The Bertz CT molecular complexity index is 593. The molecular formula is C15H11FO2. The predicted octanol–water partition coefficient (Wildman–Crippen LogP) is 3.28. The number of halogens is 1. The van der Waals surface area contributed by atoms with Gasteiger partial charge in [-0.3, -0.25) is 0 Å². The highest BCUT2D eigenvalue weighted by atomic mass is 19.1. The normalized spacial score (nSPS) is 18.1. The lowest BCUT2D eigenvalue weighted by atomic mass is 9.94. The molecule has 0 aliphatic carbocycles. The van der Waals surface area contributed by atoms with Gasteiger partial charge in [0.25, 0.3) is 0 Å². The van der Waals surface area contributed by atoms with E-state index in [0.717, 1.165) is 5.56 Å². The van der Waals surface area contributed by atoms with Crippen molar-refractivity contribution >= 4 is 5.97 Å². The second-order valence-electron chi connectivity index (χ2n) is 4.28. The number of rotatable bonds is 1. The van der Waals surface area contributed by atoms with E-state index in [9.17, 15) is 9.18 Å². The second-order valence-corrected chi connectivity index (χ2v) is 4.28. The highest BCUT2D eigenvalue weighted by molar-refractivity contribution is 5.92. The van der Waals surface area contributed by atoms with Crippen LogP contribution in [0, 0.1) is 5.82 Å². The zero-order chi connectivity index (χ0) is 12.5. The van der Waals surface area contributed by atoms with Gasteiger partial charge in [-0.2, -0.15) is 0 Å². The van der Waals surface area contributed by atoms with Crippen LogP contribution in [-0.2, 0) is 11.2 Å². The molecule has 1 aliphatic rings. The third kappa shape index (κ3) is 1.78. The van der Waals surface area contributed by atoms with Gasteiger partial charge in [0.1, 0.15) is 11.9 Å². The molecule has 0 spiro atoms. The molecule has 0 saturated heterocycles. The molecule has 0 N–H and O–H groups in total. The fourth-order valence-corrected chi connectivity index (χ4v) is 2.25. The molecule has 2 nitrogen and oxygen atoms in total. The van der Waals surface area contributed by atoms with Crippen molar-refractivity contribution in [1.29, 1.82) is 0 Å². The quantitative estimate of drug-likeness (QED) is 0.717. The second kappa shape index (κ2) is 4.26. The molecule has 0 fully saturated rings. The van der Waals surface area contributed by atoms with Gasteiger partial charge in [0.05, 0.1) is 5.56 Å². The van der Waals surface area contributed by atoms with E-state index in [1.165, 1.54) is 6.07 Å². The fourth-order valence-electron chi connectivity index (χ4n) is 2.25. The molecule has 3 heteroatoms. The Morgan fingerprint density at radius 2 is 1.83 bits per heavy atom. The Morgan fingerprint density at radius 1 is 1.06 bits per heavy atom. The zero-order valence-electron chi connectivity index (χ0n) is 9.60. The Hall–Kier alpha value is -2.16. The van der Waals surface area contributed by atoms with Gasteiger partial charge in [0, 0.05) is 6.42 Å². The first-order chi connectivity index (χ1) is 8.75. The third-order valence-corrected chi connectivity index (χ3v) is 3.13. The molecule has 0 aromatic heterocycles. The van der Waals surface area contributed by atoms with Gasteiger partial charge in [-0.25, -0.2) is 9.18 Å². The molecule has 1 heterocycles. The number of hydrogen-bond donors (Lipinski definition) is 0. The Kier molecular flexibility index (Phi) is 2.59. The van der Waals surface area contributed by atoms with Crippen LogP contribution >= 0.6 is 0 Å². The van der Waals surface area contributed by atoms with Crippen LogP contribution in [0.15, 0.2) is 48.5 Å². The first kappa shape index (κ1) is 11.0. The highest BCUT2D eigenvalue weighted by Crippen LogP contribution is 2.31. The first-order valence-corrected chi connectivity index (χ1v) is 5.79. The summed E-state index contributed by atoms with van der Waals surface area (Å²) < 4.78 is 18.9. The van der Waals surface area contributed by atoms with Gasteiger partial charge in [0.2, 0.25) is 0 Å². The molecular weight excluding hydrogens is 231 g/mol. The van der Waals surface area contributed by atoms with Crippen LogP contribution < -0.4 is 0 Å². The lowest BCUT2D eigenvalue weighted by molar-refractivity contribution is 0.0246. The van der Waals surface area contributed by atoms with Crippen molar-refractivity contribution in [2.45, 2.75) is 12.5 Å². The van der Waals surface area contributed by atoms with Gasteiger partial charge < -0.3 is 4.74 Å². The number of cyclic esters (lactones) is 1. The summed E-state index contributed by atoms with van der Waals surface area (Å²) in [5.74, 6) is -1.09. The molecule has 0 amide bonds. The van der Waals surface area contributed by atoms with Crippen molar-refractivity contribution in [2.24, 2.45) is 0 Å². The first-order valence-electron chi connectivity index (χ1n) is 5.79. The summed E-state index contributed by atoms with van der Waals surface area (Å²) in [7, 11) is 0. The Morgan fingerprint density at radius 3 is 2.61 bits per heavy atom. The smallest absolute Gasteiger partial charge is 0.342 e. The van der Waals surface area contributed by atoms with Crippen molar-refractivity contribution < 1.29 is 13.9 Å². The lowest BCUT2D eigenvalue weighted by Gasteiger charge is -2.25. The number of hydrogen-bond acceptors (Lipinski definition) is 2. The molecule has 18 heavy (non-hydrogen) atoms. The fraction of sp³-hybridized carbons (Fsp3) is 0.133. The maximum atomic E-state index is 13.6. The zero-order valence-corrected chi connectivity index (χ0v) is 9.60. The van der Waals surface area contributed by atoms with Gasteiger partial charge in [0.15, 0.2) is 0 Å². The van der Waals surface area contributed by atoms with Crippen LogP contribution in [0.3, 0.4) is 0 Å². The molecule has 0 saturated carbocycles. The van der Waals surface area contributed by atoms with Crippen LogP contribution in [0.1, 0.15) is 27.6 Å². The van der Waals surface area contributed by atoms with Crippen LogP contribution in [0.2, 0.25) is 0 Å². The van der Waals surface area contributed by atoms with E-state index in [0.29, 0.717) is 12.0 Å². The number of benzene rings is 2. The van der Waals surface area contributed by atoms with Gasteiger partial charge in [-0.05, 0) is 17.2 Å². The lowest BCUT2D eigenvalue weighted by Crippen LogP contribution is -2.23. The summed E-state index contributed by atoms with van der Waals surface area (Å²) in [5, 5.41) is 0. The largest absolute Gasteiger partial charge is 0.453 e. The highest BCUT2D eigenvalue weighted by Gasteiger charge is 2.29. The van der Waals surface area contributed by atoms with Gasteiger partial charge >= 0.3 is 5.97 Å². The maximum Gasteiger partial charge on any atom is 0.342 e. The topological polar surface area (TPSA) is 26.3 Å². The van der Waals surface area contributed by atoms with E-state index in [4.69, 9.17) is 4.74 Å². The van der Waals surface area contributed by atoms with Crippen LogP contribution in [0.4, 0.5) is 4.39 Å². The minimum atomic E-state index is -0.580. The van der Waals surface area contributed by atoms with E-state index in [1.807, 2.05) is 30.3 Å². The minimum Gasteiger partial charge on any atom is -0.453 e. The van der Waals surface area contributed by atoms with Crippen LogP contribution in [0.5, 0.6) is 0 Å². The Labute approximate surface area is 104 Å². The van der Waals surface area contributed by atoms with E-state index >= 15 is 0 Å². The number of carbonyl (C=O) groups excluding carboxylic acids is 1. The summed E-state index contributed by atoms with van der Waals surface area (Å²) in [6, 6.07) is 14.2. The SMILES string of the molecule is O=C1O[C@H](c2ccccc2)Cc2cccc(F)c21. The average molecular weight is 242 g/mol. The molecule has 0 radical (unpaired) electrons. The molecule has 1 atom stereocenters.